The molecule has 2 N–H and O–H groups in total. The van der Waals surface area contributed by atoms with Gasteiger partial charge in [0.25, 0.3) is 6.43 Å². The van der Waals surface area contributed by atoms with Crippen LogP contribution in [-0.2, 0) is 5.60 Å². The second kappa shape index (κ2) is 5.04. The lowest BCUT2D eigenvalue weighted by Gasteiger charge is -2.45. The number of rotatable bonds is 2. The minimum absolute atomic E-state index is 0.227. The molecule has 1 aromatic rings. The Kier molecular flexibility index (Phi) is 3.50. The first-order valence-electron chi connectivity index (χ1n) is 7.04. The molecule has 3 rings (SSSR count). The molecule has 110 valence electrons. The molecule has 0 aromatic heterocycles. The lowest BCUT2D eigenvalue weighted by atomic mass is 9.74. The smallest absolute Gasteiger partial charge is 0.266 e. The molecule has 5 heteroatoms. The fourth-order valence-electron chi connectivity index (χ4n) is 3.56. The van der Waals surface area contributed by atoms with E-state index in [9.17, 15) is 18.3 Å². The highest BCUT2D eigenvalue weighted by molar-refractivity contribution is 5.30. The Labute approximate surface area is 116 Å². The van der Waals surface area contributed by atoms with Crippen molar-refractivity contribution in [3.63, 3.8) is 0 Å². The van der Waals surface area contributed by atoms with Crippen molar-refractivity contribution in [2.24, 2.45) is 0 Å². The number of aliphatic hydroxyl groups is 1. The maximum absolute atomic E-state index is 13.7. The average molecular weight is 285 g/mol. The molecule has 2 aliphatic heterocycles. The highest BCUT2D eigenvalue weighted by Crippen LogP contribution is 2.40. The van der Waals surface area contributed by atoms with Crippen LogP contribution in [0.2, 0.25) is 0 Å². The predicted octanol–water partition coefficient (Wildman–Crippen LogP) is 3.26. The van der Waals surface area contributed by atoms with Crippen LogP contribution >= 0.6 is 0 Å². The van der Waals surface area contributed by atoms with Gasteiger partial charge in [-0.25, -0.2) is 13.2 Å². The Morgan fingerprint density at radius 3 is 2.40 bits per heavy atom. The van der Waals surface area contributed by atoms with Gasteiger partial charge in [0.1, 0.15) is 5.82 Å². The van der Waals surface area contributed by atoms with E-state index < -0.39 is 23.4 Å². The fourth-order valence-corrected chi connectivity index (χ4v) is 3.56. The molecule has 0 spiro atoms. The van der Waals surface area contributed by atoms with Crippen molar-refractivity contribution in [2.75, 3.05) is 0 Å². The van der Waals surface area contributed by atoms with Gasteiger partial charge in [0.2, 0.25) is 0 Å². The van der Waals surface area contributed by atoms with Crippen molar-refractivity contribution in [1.82, 2.24) is 5.32 Å². The summed E-state index contributed by atoms with van der Waals surface area (Å²) in [6.07, 6.45) is 1.32. The summed E-state index contributed by atoms with van der Waals surface area (Å²) in [5, 5.41) is 14.3. The fraction of sp³-hybridized carbons (Fsp3) is 0.600. The quantitative estimate of drug-likeness (QED) is 0.874. The van der Waals surface area contributed by atoms with Crippen LogP contribution < -0.4 is 5.32 Å². The molecule has 1 aromatic carbocycles. The van der Waals surface area contributed by atoms with Crippen molar-refractivity contribution in [3.05, 3.63) is 35.1 Å². The van der Waals surface area contributed by atoms with Crippen LogP contribution in [-0.4, -0.2) is 17.2 Å². The largest absolute Gasteiger partial charge is 0.385 e. The van der Waals surface area contributed by atoms with Crippen LogP contribution in [0, 0.1) is 5.82 Å². The van der Waals surface area contributed by atoms with E-state index in [1.54, 1.807) is 0 Å². The predicted molar refractivity (Wildman–Crippen MR) is 69.1 cm³/mol. The Morgan fingerprint density at radius 2 is 1.85 bits per heavy atom. The van der Waals surface area contributed by atoms with E-state index in [0.717, 1.165) is 31.4 Å². The van der Waals surface area contributed by atoms with E-state index in [1.807, 2.05) is 0 Å². The number of benzene rings is 1. The van der Waals surface area contributed by atoms with Crippen LogP contribution in [0.5, 0.6) is 0 Å². The van der Waals surface area contributed by atoms with Gasteiger partial charge in [-0.15, -0.1) is 0 Å². The van der Waals surface area contributed by atoms with Crippen molar-refractivity contribution in [1.29, 1.82) is 0 Å². The van der Waals surface area contributed by atoms with E-state index in [-0.39, 0.29) is 12.1 Å². The molecule has 2 atom stereocenters. The van der Waals surface area contributed by atoms with E-state index in [1.165, 1.54) is 6.07 Å². The number of halogens is 3. The highest BCUT2D eigenvalue weighted by Gasteiger charge is 2.42. The average Bonchev–Trinajstić information content (AvgIpc) is 2.37. The van der Waals surface area contributed by atoms with Crippen molar-refractivity contribution in [3.8, 4) is 0 Å². The van der Waals surface area contributed by atoms with Crippen LogP contribution in [0.4, 0.5) is 13.2 Å². The second-order valence-electron chi connectivity index (χ2n) is 5.97. The maximum atomic E-state index is 13.7. The summed E-state index contributed by atoms with van der Waals surface area (Å²) in [6, 6.07) is 4.05. The summed E-state index contributed by atoms with van der Waals surface area (Å²) in [7, 11) is 0. The summed E-state index contributed by atoms with van der Waals surface area (Å²) in [6.45, 7) is 0. The molecular formula is C15H18F3NO. The molecule has 2 nitrogen and oxygen atoms in total. The van der Waals surface area contributed by atoms with Gasteiger partial charge in [-0.05, 0) is 37.3 Å². The van der Waals surface area contributed by atoms with Gasteiger partial charge >= 0.3 is 0 Å². The van der Waals surface area contributed by atoms with Gasteiger partial charge in [-0.1, -0.05) is 18.6 Å². The number of fused-ring (bicyclic) bond motifs is 2. The van der Waals surface area contributed by atoms with Crippen molar-refractivity contribution >= 4 is 0 Å². The lowest BCUT2D eigenvalue weighted by molar-refractivity contribution is -0.0361. The second-order valence-corrected chi connectivity index (χ2v) is 5.97. The molecule has 0 radical (unpaired) electrons. The van der Waals surface area contributed by atoms with Gasteiger partial charge in [0, 0.05) is 12.1 Å². The SMILES string of the molecule is OC1(c2ccc(C(F)F)c(F)c2)CC2CCCC(C1)N2. The van der Waals surface area contributed by atoms with E-state index in [4.69, 9.17) is 0 Å². The summed E-state index contributed by atoms with van der Waals surface area (Å²) in [5.41, 5.74) is -1.30. The van der Waals surface area contributed by atoms with Gasteiger partial charge in [0.15, 0.2) is 0 Å². The third-order valence-electron chi connectivity index (χ3n) is 4.52. The van der Waals surface area contributed by atoms with Gasteiger partial charge in [0.05, 0.1) is 11.2 Å². The normalized spacial score (nSPS) is 33.5. The van der Waals surface area contributed by atoms with Gasteiger partial charge in [-0.3, -0.25) is 0 Å². The van der Waals surface area contributed by atoms with E-state index >= 15 is 0 Å². The summed E-state index contributed by atoms with van der Waals surface area (Å²) < 4.78 is 38.9. The Hall–Kier alpha value is -1.07. The highest BCUT2D eigenvalue weighted by atomic mass is 19.3. The van der Waals surface area contributed by atoms with Gasteiger partial charge in [-0.2, -0.15) is 0 Å². The Morgan fingerprint density at radius 1 is 1.20 bits per heavy atom. The third-order valence-corrected chi connectivity index (χ3v) is 4.52. The minimum Gasteiger partial charge on any atom is -0.385 e. The van der Waals surface area contributed by atoms with Crippen LogP contribution in [0.15, 0.2) is 18.2 Å². The van der Waals surface area contributed by atoms with E-state index in [2.05, 4.69) is 5.32 Å². The minimum atomic E-state index is -2.83. The monoisotopic (exact) mass is 285 g/mol. The zero-order chi connectivity index (χ0) is 14.3. The van der Waals surface area contributed by atoms with Crippen molar-refractivity contribution in [2.45, 2.75) is 56.2 Å². The number of hydrogen-bond acceptors (Lipinski definition) is 2. The van der Waals surface area contributed by atoms with Crippen LogP contribution in [0.25, 0.3) is 0 Å². The standard InChI is InChI=1S/C15H18F3NO/c16-13-6-9(4-5-12(13)14(17)18)15(20)7-10-2-1-3-11(8-15)19-10/h4-6,10-11,14,19-20H,1-3,7-8H2. The Bertz CT molecular complexity index is 494. The first-order valence-corrected chi connectivity index (χ1v) is 7.04. The molecule has 0 amide bonds. The summed E-state index contributed by atoms with van der Waals surface area (Å²) in [5.74, 6) is -0.936. The summed E-state index contributed by atoms with van der Waals surface area (Å²) in [4.78, 5) is 0. The number of nitrogens with one attached hydrogen (secondary N) is 1. The molecule has 2 unspecified atom stereocenters. The Balaban J connectivity index is 1.89. The third kappa shape index (κ3) is 2.44. The topological polar surface area (TPSA) is 32.3 Å². The molecule has 2 fully saturated rings. The van der Waals surface area contributed by atoms with Crippen LogP contribution in [0.3, 0.4) is 0 Å². The first-order chi connectivity index (χ1) is 9.48. The molecular weight excluding hydrogens is 267 g/mol. The molecule has 0 aliphatic carbocycles. The number of alkyl halides is 2. The number of piperidine rings is 2. The summed E-state index contributed by atoms with van der Waals surface area (Å²) >= 11 is 0. The maximum Gasteiger partial charge on any atom is 0.266 e. The molecule has 2 bridgehead atoms. The molecule has 2 aliphatic rings. The molecule has 2 heterocycles. The van der Waals surface area contributed by atoms with Crippen LogP contribution in [0.1, 0.15) is 49.7 Å². The first kappa shape index (κ1) is 13.9. The van der Waals surface area contributed by atoms with E-state index in [0.29, 0.717) is 18.4 Å². The molecule has 2 saturated heterocycles. The zero-order valence-corrected chi connectivity index (χ0v) is 11.1. The number of hydrogen-bond donors (Lipinski definition) is 2. The zero-order valence-electron chi connectivity index (χ0n) is 11.1. The lowest BCUT2D eigenvalue weighted by Crippen LogP contribution is -2.54. The molecule has 0 saturated carbocycles. The van der Waals surface area contributed by atoms with Gasteiger partial charge < -0.3 is 10.4 Å². The van der Waals surface area contributed by atoms with Crippen molar-refractivity contribution < 1.29 is 18.3 Å². The molecule has 20 heavy (non-hydrogen) atoms.